The number of esters is 1. The lowest BCUT2D eigenvalue weighted by Crippen LogP contribution is -2.23. The second-order valence-corrected chi connectivity index (χ2v) is 7.56. The average molecular weight is 491 g/mol. The topological polar surface area (TPSA) is 88.4 Å². The summed E-state index contributed by atoms with van der Waals surface area (Å²) in [7, 11) is 1.44. The molecule has 0 saturated heterocycles. The van der Waals surface area contributed by atoms with Gasteiger partial charge in [-0.25, -0.2) is 4.79 Å². The molecule has 0 fully saturated rings. The number of nitrogens with one attached hydrogen (secondary N) is 1. The Hall–Kier alpha value is -3.89. The Morgan fingerprint density at radius 1 is 1.03 bits per heavy atom. The molecule has 7 heteroatoms. The number of methoxy groups -OCH3 is 1. The van der Waals surface area contributed by atoms with E-state index in [1.165, 1.54) is 13.2 Å². The van der Waals surface area contributed by atoms with Crippen molar-refractivity contribution in [3.05, 3.63) is 99.5 Å². The maximum absolute atomic E-state index is 12.4. The molecule has 0 unspecified atom stereocenters. The van der Waals surface area contributed by atoms with E-state index in [-0.39, 0.29) is 11.3 Å². The van der Waals surface area contributed by atoms with Crippen LogP contribution in [-0.4, -0.2) is 19.0 Å². The maximum Gasteiger partial charge on any atom is 0.343 e. The zero-order valence-corrected chi connectivity index (χ0v) is 18.8. The van der Waals surface area contributed by atoms with Crippen LogP contribution in [-0.2, 0) is 11.3 Å². The fourth-order valence-corrected chi connectivity index (χ4v) is 3.06. The van der Waals surface area contributed by atoms with Crippen LogP contribution >= 0.6 is 15.9 Å². The number of carbonyl (C=O) groups excluding carboxylic acids is 2. The summed E-state index contributed by atoms with van der Waals surface area (Å²) in [6.45, 7) is 0.312. The van der Waals surface area contributed by atoms with Crippen molar-refractivity contribution >= 4 is 33.9 Å². The second kappa shape index (κ2) is 10.9. The molecule has 0 saturated carbocycles. The van der Waals surface area contributed by atoms with Crippen molar-refractivity contribution in [3.63, 3.8) is 0 Å². The zero-order chi connectivity index (χ0) is 22.9. The largest absolute Gasteiger partial charge is 0.493 e. The molecule has 1 N–H and O–H groups in total. The highest BCUT2D eigenvalue weighted by Gasteiger charge is 2.14. The quantitative estimate of drug-likeness (QED) is 0.220. The van der Waals surface area contributed by atoms with E-state index in [1.54, 1.807) is 42.5 Å². The number of amides is 1. The van der Waals surface area contributed by atoms with Gasteiger partial charge in [-0.3, -0.25) is 4.79 Å². The van der Waals surface area contributed by atoms with Crippen LogP contribution in [0.4, 0.5) is 0 Å². The van der Waals surface area contributed by atoms with Crippen LogP contribution in [0.15, 0.2) is 82.8 Å². The minimum Gasteiger partial charge on any atom is -0.493 e. The summed E-state index contributed by atoms with van der Waals surface area (Å²) < 4.78 is 11.6. The smallest absolute Gasteiger partial charge is 0.343 e. The number of halogens is 1. The van der Waals surface area contributed by atoms with E-state index < -0.39 is 11.9 Å². The summed E-state index contributed by atoms with van der Waals surface area (Å²) in [4.78, 5) is 24.8. The molecule has 3 rings (SSSR count). The fraction of sp³-hybridized carbons (Fsp3) is 0.0800. The summed E-state index contributed by atoms with van der Waals surface area (Å²) in [5.74, 6) is -0.492. The lowest BCUT2D eigenvalue weighted by Gasteiger charge is -2.10. The number of rotatable bonds is 7. The summed E-state index contributed by atoms with van der Waals surface area (Å²) in [5.41, 5.74) is 1.82. The normalized spacial score (nSPS) is 10.7. The van der Waals surface area contributed by atoms with Gasteiger partial charge in [-0.2, -0.15) is 5.26 Å². The summed E-state index contributed by atoms with van der Waals surface area (Å²) >= 11 is 3.32. The number of carbonyl (C=O) groups is 2. The lowest BCUT2D eigenvalue weighted by molar-refractivity contribution is -0.117. The highest BCUT2D eigenvalue weighted by molar-refractivity contribution is 9.10. The number of ether oxygens (including phenoxy) is 2. The molecule has 32 heavy (non-hydrogen) atoms. The summed E-state index contributed by atoms with van der Waals surface area (Å²) in [6, 6.07) is 22.9. The van der Waals surface area contributed by atoms with E-state index in [4.69, 9.17) is 9.47 Å². The van der Waals surface area contributed by atoms with Gasteiger partial charge in [-0.15, -0.1) is 0 Å². The number of nitrogens with zero attached hydrogens (tertiary/aromatic N) is 1. The van der Waals surface area contributed by atoms with Gasteiger partial charge in [0, 0.05) is 11.0 Å². The molecule has 3 aromatic rings. The van der Waals surface area contributed by atoms with E-state index in [0.717, 1.165) is 10.0 Å². The van der Waals surface area contributed by atoms with E-state index in [0.29, 0.717) is 23.4 Å². The predicted molar refractivity (Wildman–Crippen MR) is 124 cm³/mol. The Labute approximate surface area is 194 Å². The predicted octanol–water partition coefficient (Wildman–Crippen LogP) is 4.90. The molecule has 0 atom stereocenters. The summed E-state index contributed by atoms with van der Waals surface area (Å²) in [5, 5.41) is 12.1. The molecular weight excluding hydrogens is 472 g/mol. The Morgan fingerprint density at radius 2 is 1.75 bits per heavy atom. The molecule has 160 valence electrons. The minimum atomic E-state index is -0.530. The number of hydrogen-bond donors (Lipinski definition) is 1. The van der Waals surface area contributed by atoms with Crippen molar-refractivity contribution in [2.75, 3.05) is 7.11 Å². The van der Waals surface area contributed by atoms with Gasteiger partial charge in [0.15, 0.2) is 11.5 Å². The molecule has 0 spiro atoms. The van der Waals surface area contributed by atoms with Gasteiger partial charge in [0.1, 0.15) is 11.6 Å². The first kappa shape index (κ1) is 22.8. The average Bonchev–Trinajstić information content (AvgIpc) is 2.82. The van der Waals surface area contributed by atoms with Crippen LogP contribution in [0, 0.1) is 11.3 Å². The van der Waals surface area contributed by atoms with Crippen molar-refractivity contribution in [1.29, 1.82) is 5.26 Å². The first-order valence-electron chi connectivity index (χ1n) is 9.60. The SMILES string of the molecule is COc1cc(C=C(C#N)C(=O)NCc2ccccc2)ccc1OC(=O)c1ccc(Br)cc1. The van der Waals surface area contributed by atoms with Gasteiger partial charge >= 0.3 is 5.97 Å². The third kappa shape index (κ3) is 6.06. The molecule has 0 radical (unpaired) electrons. The number of benzene rings is 3. The van der Waals surface area contributed by atoms with Crippen LogP contribution < -0.4 is 14.8 Å². The van der Waals surface area contributed by atoms with Gasteiger partial charge in [0.25, 0.3) is 5.91 Å². The lowest BCUT2D eigenvalue weighted by atomic mass is 10.1. The zero-order valence-electron chi connectivity index (χ0n) is 17.2. The van der Waals surface area contributed by atoms with Crippen LogP contribution in [0.1, 0.15) is 21.5 Å². The minimum absolute atomic E-state index is 0.0532. The number of hydrogen-bond acceptors (Lipinski definition) is 5. The molecule has 0 aromatic heterocycles. The van der Waals surface area contributed by atoms with Crippen LogP contribution in [0.5, 0.6) is 11.5 Å². The third-order valence-corrected chi connectivity index (χ3v) is 4.97. The van der Waals surface area contributed by atoms with Crippen LogP contribution in [0.2, 0.25) is 0 Å². The van der Waals surface area contributed by atoms with Gasteiger partial charge in [0.05, 0.1) is 12.7 Å². The standard InChI is InChI=1S/C25H19BrN2O4/c1-31-23-14-18(7-12-22(23)32-25(30)19-8-10-21(26)11-9-19)13-20(15-27)24(29)28-16-17-5-3-2-4-6-17/h2-14H,16H2,1H3,(H,28,29). The van der Waals surface area contributed by atoms with Crippen molar-refractivity contribution in [1.82, 2.24) is 5.32 Å². The third-order valence-electron chi connectivity index (χ3n) is 4.44. The molecule has 3 aromatic carbocycles. The van der Waals surface area contributed by atoms with E-state index in [9.17, 15) is 14.9 Å². The molecule has 0 bridgehead atoms. The monoisotopic (exact) mass is 490 g/mol. The number of nitriles is 1. The van der Waals surface area contributed by atoms with Gasteiger partial charge < -0.3 is 14.8 Å². The highest BCUT2D eigenvalue weighted by atomic mass is 79.9. The van der Waals surface area contributed by atoms with Crippen LogP contribution in [0.25, 0.3) is 6.08 Å². The van der Waals surface area contributed by atoms with E-state index in [1.807, 2.05) is 36.4 Å². The Morgan fingerprint density at radius 3 is 2.41 bits per heavy atom. The first-order valence-corrected chi connectivity index (χ1v) is 10.4. The van der Waals surface area contributed by atoms with Crippen molar-refractivity contribution in [3.8, 4) is 17.6 Å². The first-order chi connectivity index (χ1) is 15.5. The Kier molecular flexibility index (Phi) is 7.79. The van der Waals surface area contributed by atoms with Gasteiger partial charge in [-0.1, -0.05) is 52.3 Å². The molecular formula is C25H19BrN2O4. The van der Waals surface area contributed by atoms with Crippen LogP contribution in [0.3, 0.4) is 0 Å². The van der Waals surface area contributed by atoms with Gasteiger partial charge in [-0.05, 0) is 53.6 Å². The molecule has 0 aliphatic carbocycles. The van der Waals surface area contributed by atoms with Crippen molar-refractivity contribution < 1.29 is 19.1 Å². The molecule has 0 aliphatic heterocycles. The molecule has 6 nitrogen and oxygen atoms in total. The molecule has 0 heterocycles. The second-order valence-electron chi connectivity index (χ2n) is 6.64. The summed E-state index contributed by atoms with van der Waals surface area (Å²) in [6.07, 6.45) is 1.45. The highest BCUT2D eigenvalue weighted by Crippen LogP contribution is 2.30. The van der Waals surface area contributed by atoms with E-state index >= 15 is 0 Å². The van der Waals surface area contributed by atoms with Gasteiger partial charge in [0.2, 0.25) is 0 Å². The Balaban J connectivity index is 1.73. The fourth-order valence-electron chi connectivity index (χ4n) is 2.79. The van der Waals surface area contributed by atoms with Crippen molar-refractivity contribution in [2.45, 2.75) is 6.54 Å². The maximum atomic E-state index is 12.4. The molecule has 1 amide bonds. The molecule has 0 aliphatic rings. The van der Waals surface area contributed by atoms with Crippen molar-refractivity contribution in [2.24, 2.45) is 0 Å². The Bertz CT molecular complexity index is 1180. The van der Waals surface area contributed by atoms with E-state index in [2.05, 4.69) is 21.2 Å².